The van der Waals surface area contributed by atoms with Gasteiger partial charge in [-0.25, -0.2) is 0 Å². The SMILES string of the molecule is COCC(O)CN(C)c1nnccc1C(N)=S. The Balaban J connectivity index is 2.81. The predicted molar refractivity (Wildman–Crippen MR) is 69.1 cm³/mol. The molecule has 0 aliphatic heterocycles. The van der Waals surface area contributed by atoms with Gasteiger partial charge in [-0.2, -0.15) is 5.10 Å². The lowest BCUT2D eigenvalue weighted by Gasteiger charge is -2.22. The number of hydrogen-bond acceptors (Lipinski definition) is 6. The van der Waals surface area contributed by atoms with Crippen molar-refractivity contribution in [1.29, 1.82) is 0 Å². The summed E-state index contributed by atoms with van der Waals surface area (Å²) >= 11 is 4.93. The van der Waals surface area contributed by atoms with E-state index in [2.05, 4.69) is 10.2 Å². The number of hydrogen-bond donors (Lipinski definition) is 2. The molecule has 1 aromatic rings. The second kappa shape index (κ2) is 6.43. The van der Waals surface area contributed by atoms with Crippen LogP contribution in [0.4, 0.5) is 5.82 Å². The van der Waals surface area contributed by atoms with Crippen LogP contribution in [-0.2, 0) is 4.74 Å². The second-order valence-electron chi connectivity index (χ2n) is 3.62. The van der Waals surface area contributed by atoms with Crippen molar-refractivity contribution in [3.05, 3.63) is 17.8 Å². The number of rotatable bonds is 6. The highest BCUT2D eigenvalue weighted by Crippen LogP contribution is 2.14. The number of ether oxygens (including phenoxy) is 1. The largest absolute Gasteiger partial charge is 0.389 e. The first kappa shape index (κ1) is 13.8. The van der Waals surface area contributed by atoms with Crippen LogP contribution in [0, 0.1) is 0 Å². The molecule has 94 valence electrons. The Bertz CT molecular complexity index is 388. The first-order valence-corrected chi connectivity index (χ1v) is 5.46. The molecule has 1 aromatic heterocycles. The third-order valence-corrected chi connectivity index (χ3v) is 2.39. The van der Waals surface area contributed by atoms with Gasteiger partial charge in [0.05, 0.1) is 24.5 Å². The summed E-state index contributed by atoms with van der Waals surface area (Å²) in [6, 6.07) is 1.70. The van der Waals surface area contributed by atoms with E-state index in [9.17, 15) is 5.11 Å². The van der Waals surface area contributed by atoms with E-state index in [1.165, 1.54) is 13.3 Å². The van der Waals surface area contributed by atoms with Gasteiger partial charge in [-0.3, -0.25) is 0 Å². The molecule has 0 amide bonds. The van der Waals surface area contributed by atoms with Crippen LogP contribution in [0.1, 0.15) is 5.56 Å². The van der Waals surface area contributed by atoms with E-state index in [1.807, 2.05) is 0 Å². The molecular weight excluding hydrogens is 240 g/mol. The summed E-state index contributed by atoms with van der Waals surface area (Å²) in [7, 11) is 3.32. The minimum absolute atomic E-state index is 0.253. The molecule has 3 N–H and O–H groups in total. The van der Waals surface area contributed by atoms with Crippen molar-refractivity contribution in [3.63, 3.8) is 0 Å². The topological polar surface area (TPSA) is 84.5 Å². The van der Waals surface area contributed by atoms with Gasteiger partial charge in [0, 0.05) is 20.7 Å². The molecule has 17 heavy (non-hydrogen) atoms. The van der Waals surface area contributed by atoms with Crippen LogP contribution >= 0.6 is 12.2 Å². The third-order valence-electron chi connectivity index (χ3n) is 2.17. The predicted octanol–water partition coefficient (Wildman–Crippen LogP) is -0.446. The van der Waals surface area contributed by atoms with Crippen LogP contribution < -0.4 is 10.6 Å². The number of methoxy groups -OCH3 is 1. The Kier molecular flexibility index (Phi) is 5.20. The van der Waals surface area contributed by atoms with E-state index >= 15 is 0 Å². The summed E-state index contributed by atoms with van der Waals surface area (Å²) in [6.45, 7) is 0.620. The zero-order valence-corrected chi connectivity index (χ0v) is 10.6. The summed E-state index contributed by atoms with van der Waals surface area (Å²) in [4.78, 5) is 1.99. The highest BCUT2D eigenvalue weighted by Gasteiger charge is 2.14. The minimum atomic E-state index is -0.605. The Morgan fingerprint density at radius 1 is 1.71 bits per heavy atom. The fourth-order valence-electron chi connectivity index (χ4n) is 1.45. The molecule has 1 heterocycles. The van der Waals surface area contributed by atoms with Gasteiger partial charge >= 0.3 is 0 Å². The van der Waals surface area contributed by atoms with Gasteiger partial charge < -0.3 is 20.5 Å². The lowest BCUT2D eigenvalue weighted by atomic mass is 10.2. The van der Waals surface area contributed by atoms with Crippen molar-refractivity contribution >= 4 is 23.0 Å². The summed E-state index contributed by atoms with van der Waals surface area (Å²) in [5.74, 6) is 0.551. The van der Waals surface area contributed by atoms with Crippen molar-refractivity contribution in [1.82, 2.24) is 10.2 Å². The molecule has 0 saturated heterocycles. The van der Waals surface area contributed by atoms with Crippen LogP contribution in [0.3, 0.4) is 0 Å². The monoisotopic (exact) mass is 256 g/mol. The molecular formula is C10H16N4O2S. The number of aliphatic hydroxyl groups excluding tert-OH is 1. The van der Waals surface area contributed by atoms with Crippen LogP contribution in [-0.4, -0.2) is 53.7 Å². The smallest absolute Gasteiger partial charge is 0.161 e. The van der Waals surface area contributed by atoms with Gasteiger partial charge in [0.15, 0.2) is 5.82 Å². The van der Waals surface area contributed by atoms with Crippen molar-refractivity contribution in [3.8, 4) is 0 Å². The van der Waals surface area contributed by atoms with Gasteiger partial charge in [0.25, 0.3) is 0 Å². The minimum Gasteiger partial charge on any atom is -0.389 e. The van der Waals surface area contributed by atoms with Crippen molar-refractivity contribution in [2.24, 2.45) is 5.73 Å². The molecule has 6 nitrogen and oxygen atoms in total. The zero-order chi connectivity index (χ0) is 12.8. The summed E-state index contributed by atoms with van der Waals surface area (Å²) in [6.07, 6.45) is 0.920. The summed E-state index contributed by atoms with van der Waals surface area (Å²) in [5.41, 5.74) is 6.23. The molecule has 0 aromatic carbocycles. The molecule has 0 aliphatic carbocycles. The molecule has 0 spiro atoms. The van der Waals surface area contributed by atoms with Crippen molar-refractivity contribution in [2.45, 2.75) is 6.10 Å². The summed E-state index contributed by atoms with van der Waals surface area (Å²) < 4.78 is 4.85. The van der Waals surface area contributed by atoms with E-state index in [1.54, 1.807) is 18.0 Å². The first-order chi connectivity index (χ1) is 8.06. The second-order valence-corrected chi connectivity index (χ2v) is 4.06. The van der Waals surface area contributed by atoms with Gasteiger partial charge in [0.2, 0.25) is 0 Å². The Morgan fingerprint density at radius 2 is 2.41 bits per heavy atom. The number of likely N-dealkylation sites (N-methyl/N-ethyl adjacent to an activating group) is 1. The van der Waals surface area contributed by atoms with Gasteiger partial charge in [-0.1, -0.05) is 12.2 Å². The standard InChI is InChI=1S/C10H16N4O2S/c1-14(5-7(15)6-16-2)10-8(9(11)17)3-4-12-13-10/h3-4,7,15H,5-6H2,1-2H3,(H2,11,17). The van der Waals surface area contributed by atoms with Gasteiger partial charge in [-0.05, 0) is 6.07 Å². The first-order valence-electron chi connectivity index (χ1n) is 5.06. The molecule has 0 bridgehead atoms. The molecule has 0 fully saturated rings. The van der Waals surface area contributed by atoms with Gasteiger partial charge in [0.1, 0.15) is 4.99 Å². The maximum Gasteiger partial charge on any atom is 0.161 e. The highest BCUT2D eigenvalue weighted by atomic mass is 32.1. The third kappa shape index (κ3) is 3.88. The summed E-state index contributed by atoms with van der Waals surface area (Å²) in [5, 5.41) is 17.4. The number of nitrogens with two attached hydrogens (primary N) is 1. The van der Waals surface area contributed by atoms with E-state index in [4.69, 9.17) is 22.7 Å². The maximum absolute atomic E-state index is 9.63. The number of thiocarbonyl (C=S) groups is 1. The highest BCUT2D eigenvalue weighted by molar-refractivity contribution is 7.80. The zero-order valence-electron chi connectivity index (χ0n) is 9.83. The molecule has 1 unspecified atom stereocenters. The van der Waals surface area contributed by atoms with Crippen molar-refractivity contribution in [2.75, 3.05) is 32.2 Å². The molecule has 1 rings (SSSR count). The molecule has 7 heteroatoms. The Morgan fingerprint density at radius 3 is 3.00 bits per heavy atom. The fraction of sp³-hybridized carbons (Fsp3) is 0.500. The molecule has 0 aliphatic rings. The lowest BCUT2D eigenvalue weighted by Crippen LogP contribution is -2.33. The number of anilines is 1. The molecule has 0 saturated carbocycles. The van der Waals surface area contributed by atoms with Crippen LogP contribution in [0.2, 0.25) is 0 Å². The number of aliphatic hydroxyl groups is 1. The van der Waals surface area contributed by atoms with E-state index in [0.717, 1.165) is 0 Å². The van der Waals surface area contributed by atoms with Crippen molar-refractivity contribution < 1.29 is 9.84 Å². The lowest BCUT2D eigenvalue weighted by molar-refractivity contribution is 0.0694. The Labute approximate surface area is 105 Å². The number of aromatic nitrogens is 2. The van der Waals surface area contributed by atoms with Crippen LogP contribution in [0.25, 0.3) is 0 Å². The molecule has 1 atom stereocenters. The normalized spacial score (nSPS) is 12.2. The van der Waals surface area contributed by atoms with E-state index in [0.29, 0.717) is 17.9 Å². The van der Waals surface area contributed by atoms with Crippen LogP contribution in [0.15, 0.2) is 12.3 Å². The Hall–Kier alpha value is -1.31. The van der Waals surface area contributed by atoms with Gasteiger partial charge in [-0.15, -0.1) is 5.10 Å². The maximum atomic E-state index is 9.63. The van der Waals surface area contributed by atoms with E-state index in [-0.39, 0.29) is 11.6 Å². The number of nitrogens with zero attached hydrogens (tertiary/aromatic N) is 3. The average molecular weight is 256 g/mol. The molecule has 0 radical (unpaired) electrons. The van der Waals surface area contributed by atoms with Crippen LogP contribution in [0.5, 0.6) is 0 Å². The van der Waals surface area contributed by atoms with E-state index < -0.39 is 6.10 Å². The average Bonchev–Trinajstić information content (AvgIpc) is 2.29. The quantitative estimate of drug-likeness (QED) is 0.667. The fourth-order valence-corrected chi connectivity index (χ4v) is 1.61.